The maximum atomic E-state index is 5.63. The number of piperidine rings is 1. The molecule has 4 rings (SSSR count). The van der Waals surface area contributed by atoms with Gasteiger partial charge in [-0.25, -0.2) is 0 Å². The van der Waals surface area contributed by atoms with E-state index in [1.54, 1.807) is 0 Å². The van der Waals surface area contributed by atoms with E-state index in [0.717, 1.165) is 38.3 Å². The maximum absolute atomic E-state index is 5.63. The van der Waals surface area contributed by atoms with E-state index in [9.17, 15) is 0 Å². The first kappa shape index (κ1) is 16.6. The van der Waals surface area contributed by atoms with E-state index >= 15 is 0 Å². The summed E-state index contributed by atoms with van der Waals surface area (Å²) in [5, 5.41) is 7.65. The number of hydrogen-bond donors (Lipinski definition) is 1. The highest BCUT2D eigenvalue weighted by molar-refractivity contribution is 5.39. The van der Waals surface area contributed by atoms with E-state index in [4.69, 9.17) is 4.74 Å². The van der Waals surface area contributed by atoms with Gasteiger partial charge in [0.15, 0.2) is 0 Å². The molecule has 0 bridgehead atoms. The van der Waals surface area contributed by atoms with Crippen LogP contribution < -0.4 is 4.74 Å². The molecule has 25 heavy (non-hydrogen) atoms. The van der Waals surface area contributed by atoms with Crippen molar-refractivity contribution in [2.24, 2.45) is 5.92 Å². The number of rotatable bonds is 5. The molecular formula is C21H29N3O. The number of aromatic amines is 1. The van der Waals surface area contributed by atoms with Crippen LogP contribution in [0.3, 0.4) is 0 Å². The van der Waals surface area contributed by atoms with Gasteiger partial charge < -0.3 is 4.74 Å². The molecule has 1 aromatic carbocycles. The van der Waals surface area contributed by atoms with E-state index in [1.807, 2.05) is 6.20 Å². The van der Waals surface area contributed by atoms with Crippen LogP contribution in [0, 0.1) is 5.92 Å². The van der Waals surface area contributed by atoms with Crippen LogP contribution in [0.25, 0.3) is 0 Å². The lowest BCUT2D eigenvalue weighted by atomic mass is 9.90. The standard InChI is InChI=1S/C21H29N3O/c1-15(2)10-19-12-22-23-21(19)18-4-3-8-24(14-18)13-16-5-6-20-17(11-16)7-9-25-20/h5-6,11-12,15,18H,3-4,7-10,13-14H2,1-2H3,(H,22,23)/t18-/m1/s1. The Morgan fingerprint density at radius 1 is 1.36 bits per heavy atom. The number of nitrogens with zero attached hydrogens (tertiary/aromatic N) is 2. The molecule has 1 fully saturated rings. The van der Waals surface area contributed by atoms with Gasteiger partial charge in [0.25, 0.3) is 0 Å². The average Bonchev–Trinajstić information content (AvgIpc) is 3.23. The third-order valence-corrected chi connectivity index (χ3v) is 5.45. The molecule has 0 saturated carbocycles. The van der Waals surface area contributed by atoms with E-state index in [2.05, 4.69) is 47.1 Å². The molecule has 2 aliphatic heterocycles. The van der Waals surface area contributed by atoms with Crippen LogP contribution in [-0.2, 0) is 19.4 Å². The van der Waals surface area contributed by atoms with Gasteiger partial charge in [-0.05, 0) is 54.5 Å². The zero-order valence-corrected chi connectivity index (χ0v) is 15.4. The van der Waals surface area contributed by atoms with Gasteiger partial charge in [-0.2, -0.15) is 5.10 Å². The summed E-state index contributed by atoms with van der Waals surface area (Å²) < 4.78 is 5.63. The molecule has 3 heterocycles. The van der Waals surface area contributed by atoms with Crippen LogP contribution in [0.5, 0.6) is 5.75 Å². The van der Waals surface area contributed by atoms with Gasteiger partial charge >= 0.3 is 0 Å². The molecule has 1 atom stereocenters. The highest BCUT2D eigenvalue weighted by atomic mass is 16.5. The molecule has 0 radical (unpaired) electrons. The van der Waals surface area contributed by atoms with Gasteiger partial charge in [-0.3, -0.25) is 10.00 Å². The second-order valence-electron chi connectivity index (χ2n) is 8.02. The Hall–Kier alpha value is -1.81. The summed E-state index contributed by atoms with van der Waals surface area (Å²) in [7, 11) is 0. The molecule has 4 heteroatoms. The normalized spacial score (nSPS) is 20.7. The Labute approximate surface area is 150 Å². The molecule has 0 amide bonds. The molecule has 0 spiro atoms. The van der Waals surface area contributed by atoms with Crippen molar-refractivity contribution in [3.05, 3.63) is 46.8 Å². The third kappa shape index (κ3) is 3.74. The van der Waals surface area contributed by atoms with Crippen molar-refractivity contribution >= 4 is 0 Å². The zero-order valence-electron chi connectivity index (χ0n) is 15.4. The summed E-state index contributed by atoms with van der Waals surface area (Å²) >= 11 is 0. The van der Waals surface area contributed by atoms with Crippen LogP contribution in [0.2, 0.25) is 0 Å². The highest BCUT2D eigenvalue weighted by Crippen LogP contribution is 2.31. The van der Waals surface area contributed by atoms with Gasteiger partial charge in [0.2, 0.25) is 0 Å². The third-order valence-electron chi connectivity index (χ3n) is 5.45. The number of hydrogen-bond acceptors (Lipinski definition) is 3. The Morgan fingerprint density at radius 3 is 3.16 bits per heavy atom. The van der Waals surface area contributed by atoms with Crippen LogP contribution >= 0.6 is 0 Å². The van der Waals surface area contributed by atoms with Gasteiger partial charge in [0, 0.05) is 31.1 Å². The number of H-pyrrole nitrogens is 1. The number of nitrogens with one attached hydrogen (secondary N) is 1. The van der Waals surface area contributed by atoms with Crippen molar-refractivity contribution in [2.75, 3.05) is 19.7 Å². The minimum Gasteiger partial charge on any atom is -0.493 e. The number of aromatic nitrogens is 2. The Kier molecular flexibility index (Phi) is 4.80. The largest absolute Gasteiger partial charge is 0.493 e. The second kappa shape index (κ2) is 7.20. The number of likely N-dealkylation sites (tertiary alicyclic amines) is 1. The molecule has 1 saturated heterocycles. The van der Waals surface area contributed by atoms with Crippen LogP contribution in [0.4, 0.5) is 0 Å². The summed E-state index contributed by atoms with van der Waals surface area (Å²) in [6.07, 6.45) is 6.74. The summed E-state index contributed by atoms with van der Waals surface area (Å²) in [5.74, 6) is 2.34. The smallest absolute Gasteiger partial charge is 0.122 e. The van der Waals surface area contributed by atoms with E-state index in [1.165, 1.54) is 41.8 Å². The van der Waals surface area contributed by atoms with Crippen LogP contribution in [-0.4, -0.2) is 34.8 Å². The molecule has 2 aromatic rings. The minimum absolute atomic E-state index is 0.586. The number of fused-ring (bicyclic) bond motifs is 1. The Balaban J connectivity index is 1.44. The number of benzene rings is 1. The van der Waals surface area contributed by atoms with Gasteiger partial charge in [-0.1, -0.05) is 26.0 Å². The van der Waals surface area contributed by atoms with E-state index < -0.39 is 0 Å². The average molecular weight is 339 g/mol. The highest BCUT2D eigenvalue weighted by Gasteiger charge is 2.25. The van der Waals surface area contributed by atoms with Crippen LogP contribution in [0.1, 0.15) is 55.0 Å². The molecule has 4 nitrogen and oxygen atoms in total. The van der Waals surface area contributed by atoms with E-state index in [-0.39, 0.29) is 0 Å². The first-order chi connectivity index (χ1) is 12.2. The predicted octanol–water partition coefficient (Wildman–Crippen LogP) is 3.92. The summed E-state index contributed by atoms with van der Waals surface area (Å²) in [6, 6.07) is 6.72. The van der Waals surface area contributed by atoms with Gasteiger partial charge in [0.1, 0.15) is 5.75 Å². The molecule has 1 N–H and O–H groups in total. The summed E-state index contributed by atoms with van der Waals surface area (Å²) in [5.41, 5.74) is 5.58. The maximum Gasteiger partial charge on any atom is 0.122 e. The molecular weight excluding hydrogens is 310 g/mol. The molecule has 0 aliphatic carbocycles. The molecule has 134 valence electrons. The predicted molar refractivity (Wildman–Crippen MR) is 100 cm³/mol. The lowest BCUT2D eigenvalue weighted by molar-refractivity contribution is 0.198. The number of ether oxygens (including phenoxy) is 1. The van der Waals surface area contributed by atoms with Crippen molar-refractivity contribution in [3.8, 4) is 5.75 Å². The SMILES string of the molecule is CC(C)Cc1cn[nH]c1[C@@H]1CCCN(Cc2ccc3c(c2)CCO3)C1. The van der Waals surface area contributed by atoms with Crippen LogP contribution in [0.15, 0.2) is 24.4 Å². The fraction of sp³-hybridized carbons (Fsp3) is 0.571. The zero-order chi connectivity index (χ0) is 17.2. The summed E-state index contributed by atoms with van der Waals surface area (Å²) in [6.45, 7) is 8.75. The lowest BCUT2D eigenvalue weighted by Crippen LogP contribution is -2.34. The fourth-order valence-electron chi connectivity index (χ4n) is 4.31. The van der Waals surface area contributed by atoms with Crippen molar-refractivity contribution < 1.29 is 4.74 Å². The minimum atomic E-state index is 0.586. The van der Waals surface area contributed by atoms with Crippen molar-refractivity contribution in [1.29, 1.82) is 0 Å². The van der Waals surface area contributed by atoms with Crippen molar-refractivity contribution in [2.45, 2.75) is 52.0 Å². The van der Waals surface area contributed by atoms with Crippen molar-refractivity contribution in [1.82, 2.24) is 15.1 Å². The fourth-order valence-corrected chi connectivity index (χ4v) is 4.31. The summed E-state index contributed by atoms with van der Waals surface area (Å²) in [4.78, 5) is 2.60. The second-order valence-corrected chi connectivity index (χ2v) is 8.02. The first-order valence-corrected chi connectivity index (χ1v) is 9.68. The molecule has 2 aliphatic rings. The topological polar surface area (TPSA) is 41.2 Å². The van der Waals surface area contributed by atoms with Gasteiger partial charge in [-0.15, -0.1) is 0 Å². The monoisotopic (exact) mass is 339 g/mol. The first-order valence-electron chi connectivity index (χ1n) is 9.68. The van der Waals surface area contributed by atoms with Crippen molar-refractivity contribution in [3.63, 3.8) is 0 Å². The lowest BCUT2D eigenvalue weighted by Gasteiger charge is -2.33. The Morgan fingerprint density at radius 2 is 2.28 bits per heavy atom. The molecule has 1 aromatic heterocycles. The van der Waals surface area contributed by atoms with E-state index in [0.29, 0.717) is 11.8 Å². The quantitative estimate of drug-likeness (QED) is 0.897. The Bertz CT molecular complexity index is 722. The molecule has 0 unspecified atom stereocenters. The van der Waals surface area contributed by atoms with Gasteiger partial charge in [0.05, 0.1) is 12.8 Å².